The van der Waals surface area contributed by atoms with Crippen molar-refractivity contribution in [3.8, 4) is 11.5 Å². The van der Waals surface area contributed by atoms with Crippen LogP contribution in [0, 0.1) is 0 Å². The summed E-state index contributed by atoms with van der Waals surface area (Å²) in [6.45, 7) is 5.39. The van der Waals surface area contributed by atoms with Crippen molar-refractivity contribution in [1.82, 2.24) is 0 Å². The first kappa shape index (κ1) is 23.6. The number of aliphatic hydroxyl groups is 2. The van der Waals surface area contributed by atoms with E-state index in [4.69, 9.17) is 30.5 Å². The van der Waals surface area contributed by atoms with E-state index in [2.05, 4.69) is 0 Å². The van der Waals surface area contributed by atoms with Crippen molar-refractivity contribution in [2.75, 3.05) is 39.6 Å². The predicted molar refractivity (Wildman–Crippen MR) is 122 cm³/mol. The molecule has 0 aliphatic rings. The van der Waals surface area contributed by atoms with Crippen molar-refractivity contribution in [1.29, 1.82) is 0 Å². The van der Waals surface area contributed by atoms with Gasteiger partial charge in [0.2, 0.25) is 0 Å². The topological polar surface area (TPSA) is 77.4 Å². The van der Waals surface area contributed by atoms with Crippen LogP contribution in [0.4, 0.5) is 0 Å². The highest BCUT2D eigenvalue weighted by atomic mass is 35.5. The molecule has 2 atom stereocenters. The summed E-state index contributed by atoms with van der Waals surface area (Å²) in [6, 6.07) is 13.2. The lowest BCUT2D eigenvalue weighted by Gasteiger charge is -2.20. The zero-order valence-electron chi connectivity index (χ0n) is 17.8. The zero-order valence-corrected chi connectivity index (χ0v) is 18.6. The highest BCUT2D eigenvalue weighted by Gasteiger charge is 2.18. The first-order chi connectivity index (χ1) is 15.0. The van der Waals surface area contributed by atoms with Crippen molar-refractivity contribution in [2.24, 2.45) is 0 Å². The normalized spacial score (nSPS) is 13.5. The van der Waals surface area contributed by atoms with E-state index in [1.54, 1.807) is 6.07 Å². The number of fused-ring (bicyclic) bond motifs is 2. The number of rotatable bonds is 12. The maximum atomic E-state index is 10.2. The molecular weight excluding hydrogens is 420 g/mol. The summed E-state index contributed by atoms with van der Waals surface area (Å²) in [4.78, 5) is 0. The predicted octanol–water partition coefficient (Wildman–Crippen LogP) is 4.20. The fourth-order valence-electron chi connectivity index (χ4n) is 3.35. The van der Waals surface area contributed by atoms with E-state index >= 15 is 0 Å². The minimum absolute atomic E-state index is 0.0822. The van der Waals surface area contributed by atoms with Gasteiger partial charge in [-0.15, -0.1) is 0 Å². The lowest BCUT2D eigenvalue weighted by molar-refractivity contribution is 0.0166. The van der Waals surface area contributed by atoms with Crippen molar-refractivity contribution >= 4 is 33.1 Å². The first-order valence-electron chi connectivity index (χ1n) is 10.5. The molecule has 0 aliphatic carbocycles. The van der Waals surface area contributed by atoms with E-state index in [-0.39, 0.29) is 26.4 Å². The van der Waals surface area contributed by atoms with Gasteiger partial charge in [-0.2, -0.15) is 0 Å². The lowest BCUT2D eigenvalue weighted by atomic mass is 10.0. The van der Waals surface area contributed by atoms with Crippen LogP contribution in [0.3, 0.4) is 0 Å². The van der Waals surface area contributed by atoms with Crippen LogP contribution in [0.25, 0.3) is 21.5 Å². The van der Waals surface area contributed by atoms with E-state index < -0.39 is 12.2 Å². The Hall–Kier alpha value is -2.09. The van der Waals surface area contributed by atoms with Gasteiger partial charge in [0.05, 0.1) is 13.2 Å². The van der Waals surface area contributed by atoms with Gasteiger partial charge in [0.25, 0.3) is 0 Å². The van der Waals surface area contributed by atoms with Gasteiger partial charge in [0.1, 0.15) is 36.9 Å². The van der Waals surface area contributed by atoms with Gasteiger partial charge >= 0.3 is 0 Å². The van der Waals surface area contributed by atoms with E-state index in [0.29, 0.717) is 29.7 Å². The smallest absolute Gasteiger partial charge is 0.135 e. The maximum absolute atomic E-state index is 10.2. The molecule has 0 bridgehead atoms. The Morgan fingerprint density at radius 3 is 1.71 bits per heavy atom. The fraction of sp³-hybridized carbons (Fsp3) is 0.417. The van der Waals surface area contributed by atoms with Crippen LogP contribution in [0.5, 0.6) is 11.5 Å². The van der Waals surface area contributed by atoms with E-state index in [9.17, 15) is 10.2 Å². The summed E-state index contributed by atoms with van der Waals surface area (Å²) in [5, 5.41) is 24.1. The summed E-state index contributed by atoms with van der Waals surface area (Å²) in [5.74, 6) is 1.26. The number of halogens is 1. The Balaban J connectivity index is 2.01. The van der Waals surface area contributed by atoms with Crippen LogP contribution in [-0.2, 0) is 9.47 Å². The molecule has 168 valence electrons. The van der Waals surface area contributed by atoms with Crippen LogP contribution in [0.15, 0.2) is 42.5 Å². The number of hydrogen-bond acceptors (Lipinski definition) is 6. The molecule has 31 heavy (non-hydrogen) atoms. The van der Waals surface area contributed by atoms with Gasteiger partial charge in [-0.05, 0) is 32.0 Å². The van der Waals surface area contributed by atoms with E-state index in [0.717, 1.165) is 21.5 Å². The second-order valence-corrected chi connectivity index (χ2v) is 7.58. The summed E-state index contributed by atoms with van der Waals surface area (Å²) in [7, 11) is 0. The minimum Gasteiger partial charge on any atom is -0.489 e. The zero-order chi connectivity index (χ0) is 22.2. The van der Waals surface area contributed by atoms with Crippen molar-refractivity contribution < 1.29 is 29.2 Å². The van der Waals surface area contributed by atoms with E-state index in [1.807, 2.05) is 50.2 Å². The Bertz CT molecular complexity index is 993. The molecule has 2 N–H and O–H groups in total. The Labute approximate surface area is 187 Å². The third-order valence-electron chi connectivity index (χ3n) is 4.76. The standard InChI is InChI=1S/C24H29ClO6/c1-3-28-12-17(26)14-30-23-19-7-5-6-8-20(19)24(31-15-18(27)13-29-4-2)22-11-16(25)9-10-21(22)23/h5-11,17-18,26-27H,3-4,12-15H2,1-2H3. The largest absolute Gasteiger partial charge is 0.489 e. The summed E-state index contributed by atoms with van der Waals surface area (Å²) in [5.41, 5.74) is 0. The van der Waals surface area contributed by atoms with Crippen LogP contribution in [0.2, 0.25) is 5.02 Å². The molecule has 0 saturated carbocycles. The summed E-state index contributed by atoms with van der Waals surface area (Å²) >= 11 is 6.29. The molecule has 0 radical (unpaired) electrons. The second-order valence-electron chi connectivity index (χ2n) is 7.14. The molecule has 0 aliphatic heterocycles. The minimum atomic E-state index is -0.752. The number of aliphatic hydroxyl groups excluding tert-OH is 2. The number of hydrogen-bond donors (Lipinski definition) is 2. The Morgan fingerprint density at radius 1 is 0.710 bits per heavy atom. The van der Waals surface area contributed by atoms with Gasteiger partial charge in [0, 0.05) is 39.8 Å². The third kappa shape index (κ3) is 5.99. The maximum Gasteiger partial charge on any atom is 0.135 e. The molecule has 0 amide bonds. The molecule has 7 heteroatoms. The molecule has 3 aromatic rings. The van der Waals surface area contributed by atoms with E-state index in [1.165, 1.54) is 0 Å². The molecule has 0 saturated heterocycles. The highest BCUT2D eigenvalue weighted by molar-refractivity contribution is 6.31. The average Bonchev–Trinajstić information content (AvgIpc) is 2.78. The van der Waals surface area contributed by atoms with Gasteiger partial charge in [-0.3, -0.25) is 0 Å². The SMILES string of the molecule is CCOCC(O)COc1c2ccccc2c(OCC(O)COCC)c2cc(Cl)ccc12. The number of benzene rings is 3. The molecule has 0 spiro atoms. The average molecular weight is 449 g/mol. The molecule has 0 fully saturated rings. The van der Waals surface area contributed by atoms with Gasteiger partial charge in [0.15, 0.2) is 0 Å². The third-order valence-corrected chi connectivity index (χ3v) is 4.99. The number of ether oxygens (including phenoxy) is 4. The fourth-order valence-corrected chi connectivity index (χ4v) is 3.52. The molecule has 3 rings (SSSR count). The monoisotopic (exact) mass is 448 g/mol. The molecule has 6 nitrogen and oxygen atoms in total. The van der Waals surface area contributed by atoms with Crippen LogP contribution in [-0.4, -0.2) is 62.1 Å². The second kappa shape index (κ2) is 11.5. The Kier molecular flexibility index (Phi) is 8.75. The Morgan fingerprint density at radius 2 is 1.19 bits per heavy atom. The van der Waals surface area contributed by atoms with Crippen LogP contribution >= 0.6 is 11.6 Å². The molecule has 0 aromatic heterocycles. The summed E-state index contributed by atoms with van der Waals surface area (Å²) < 4.78 is 22.7. The van der Waals surface area contributed by atoms with Crippen LogP contribution in [0.1, 0.15) is 13.8 Å². The quantitative estimate of drug-likeness (QED) is 0.404. The molecule has 3 aromatic carbocycles. The van der Waals surface area contributed by atoms with Crippen molar-refractivity contribution in [3.05, 3.63) is 47.5 Å². The van der Waals surface area contributed by atoms with Crippen LogP contribution < -0.4 is 9.47 Å². The van der Waals surface area contributed by atoms with Crippen molar-refractivity contribution in [2.45, 2.75) is 26.1 Å². The highest BCUT2D eigenvalue weighted by Crippen LogP contribution is 2.43. The van der Waals surface area contributed by atoms with Gasteiger partial charge < -0.3 is 29.2 Å². The molecule has 2 unspecified atom stereocenters. The van der Waals surface area contributed by atoms with Gasteiger partial charge in [-0.1, -0.05) is 35.9 Å². The van der Waals surface area contributed by atoms with Crippen molar-refractivity contribution in [3.63, 3.8) is 0 Å². The van der Waals surface area contributed by atoms with Gasteiger partial charge in [-0.25, -0.2) is 0 Å². The molecule has 0 heterocycles. The molecular formula is C24H29ClO6. The first-order valence-corrected chi connectivity index (χ1v) is 10.8. The lowest BCUT2D eigenvalue weighted by Crippen LogP contribution is -2.24. The summed E-state index contributed by atoms with van der Waals surface area (Å²) in [6.07, 6.45) is -1.50.